The van der Waals surface area contributed by atoms with Gasteiger partial charge in [-0.2, -0.15) is 0 Å². The Morgan fingerprint density at radius 2 is 2.00 bits per heavy atom. The highest BCUT2D eigenvalue weighted by atomic mass is 14.6. The first-order chi connectivity index (χ1) is 4.34. The monoisotopic (exact) mass is 125 g/mol. The fourth-order valence-electron chi connectivity index (χ4n) is 1.48. The summed E-state index contributed by atoms with van der Waals surface area (Å²) < 4.78 is 0. The van der Waals surface area contributed by atoms with Crippen LogP contribution in [0.3, 0.4) is 0 Å². The van der Waals surface area contributed by atoms with Gasteiger partial charge < -0.3 is 5.73 Å². The van der Waals surface area contributed by atoms with Crippen molar-refractivity contribution in [2.24, 2.45) is 11.7 Å². The van der Waals surface area contributed by atoms with E-state index in [1.165, 1.54) is 25.7 Å². The molecule has 2 N–H and O–H groups in total. The normalized spacial score (nSPS) is 36.1. The van der Waals surface area contributed by atoms with Gasteiger partial charge in [0, 0.05) is 6.04 Å². The van der Waals surface area contributed by atoms with E-state index >= 15 is 0 Å². The third kappa shape index (κ3) is 1.55. The quantitative estimate of drug-likeness (QED) is 0.530. The van der Waals surface area contributed by atoms with E-state index in [9.17, 15) is 0 Å². The van der Waals surface area contributed by atoms with Crippen molar-refractivity contribution < 1.29 is 0 Å². The maximum Gasteiger partial charge on any atom is 0.0102 e. The molecule has 0 aromatic rings. The molecule has 1 heteroatoms. The molecule has 1 saturated carbocycles. The van der Waals surface area contributed by atoms with Crippen LogP contribution in [0.1, 0.15) is 25.7 Å². The summed E-state index contributed by atoms with van der Waals surface area (Å²) in [6, 6.07) is 0.399. The Hall–Kier alpha value is -0.300. The number of nitrogens with two attached hydrogens (primary N) is 1. The SMILES string of the molecule is C=C[C@@H]1CCCC[C@H]1N. The Kier molecular flexibility index (Phi) is 2.29. The maximum atomic E-state index is 5.82. The van der Waals surface area contributed by atoms with E-state index in [-0.39, 0.29) is 0 Å². The predicted molar refractivity (Wildman–Crippen MR) is 40.1 cm³/mol. The summed E-state index contributed by atoms with van der Waals surface area (Å²) in [5.41, 5.74) is 5.82. The van der Waals surface area contributed by atoms with Crippen molar-refractivity contribution in [3.8, 4) is 0 Å². The van der Waals surface area contributed by atoms with Crippen LogP contribution >= 0.6 is 0 Å². The third-order valence-electron chi connectivity index (χ3n) is 2.18. The molecule has 0 aromatic heterocycles. The van der Waals surface area contributed by atoms with Gasteiger partial charge in [0.1, 0.15) is 0 Å². The summed E-state index contributed by atoms with van der Waals surface area (Å²) in [6.45, 7) is 3.75. The molecule has 1 rings (SSSR count). The molecule has 0 aliphatic heterocycles. The molecule has 9 heavy (non-hydrogen) atoms. The van der Waals surface area contributed by atoms with Crippen molar-refractivity contribution >= 4 is 0 Å². The number of hydrogen-bond donors (Lipinski definition) is 1. The van der Waals surface area contributed by atoms with Crippen LogP contribution in [-0.2, 0) is 0 Å². The minimum Gasteiger partial charge on any atom is -0.327 e. The molecule has 0 amide bonds. The first-order valence-corrected chi connectivity index (χ1v) is 3.72. The molecule has 2 atom stereocenters. The molecule has 0 radical (unpaired) electrons. The summed E-state index contributed by atoms with van der Waals surface area (Å²) in [4.78, 5) is 0. The van der Waals surface area contributed by atoms with Gasteiger partial charge in [0.15, 0.2) is 0 Å². The summed E-state index contributed by atoms with van der Waals surface area (Å²) in [5, 5.41) is 0. The lowest BCUT2D eigenvalue weighted by Crippen LogP contribution is -2.31. The summed E-state index contributed by atoms with van der Waals surface area (Å²) in [5.74, 6) is 0.596. The molecule has 1 aliphatic rings. The van der Waals surface area contributed by atoms with E-state index in [2.05, 4.69) is 6.58 Å². The second kappa shape index (κ2) is 3.02. The van der Waals surface area contributed by atoms with Gasteiger partial charge in [-0.3, -0.25) is 0 Å². The minimum atomic E-state index is 0.399. The zero-order valence-electron chi connectivity index (χ0n) is 5.84. The lowest BCUT2D eigenvalue weighted by molar-refractivity contribution is 0.362. The van der Waals surface area contributed by atoms with Crippen LogP contribution < -0.4 is 5.73 Å². The van der Waals surface area contributed by atoms with Crippen LogP contribution in [-0.4, -0.2) is 6.04 Å². The van der Waals surface area contributed by atoms with Crippen molar-refractivity contribution in [1.29, 1.82) is 0 Å². The summed E-state index contributed by atoms with van der Waals surface area (Å²) in [6.07, 6.45) is 7.10. The average Bonchev–Trinajstić information content (AvgIpc) is 1.89. The van der Waals surface area contributed by atoms with Gasteiger partial charge in [-0.1, -0.05) is 18.9 Å². The fourth-order valence-corrected chi connectivity index (χ4v) is 1.48. The number of rotatable bonds is 1. The van der Waals surface area contributed by atoms with E-state index in [0.717, 1.165) is 0 Å². The van der Waals surface area contributed by atoms with E-state index in [1.807, 2.05) is 6.08 Å². The lowest BCUT2D eigenvalue weighted by Gasteiger charge is -2.25. The van der Waals surface area contributed by atoms with Gasteiger partial charge in [-0.05, 0) is 18.8 Å². The minimum absolute atomic E-state index is 0.399. The first-order valence-electron chi connectivity index (χ1n) is 3.72. The van der Waals surface area contributed by atoms with Crippen molar-refractivity contribution in [3.05, 3.63) is 12.7 Å². The molecule has 1 aliphatic carbocycles. The largest absolute Gasteiger partial charge is 0.327 e. The van der Waals surface area contributed by atoms with Gasteiger partial charge in [0.05, 0.1) is 0 Å². The highest BCUT2D eigenvalue weighted by Crippen LogP contribution is 2.22. The van der Waals surface area contributed by atoms with Crippen molar-refractivity contribution in [2.45, 2.75) is 31.7 Å². The van der Waals surface area contributed by atoms with E-state index in [4.69, 9.17) is 5.73 Å². The Morgan fingerprint density at radius 3 is 2.44 bits per heavy atom. The van der Waals surface area contributed by atoms with Crippen molar-refractivity contribution in [3.63, 3.8) is 0 Å². The Bertz CT molecular complexity index is 98.7. The molecule has 1 nitrogen and oxygen atoms in total. The van der Waals surface area contributed by atoms with Gasteiger partial charge in [-0.25, -0.2) is 0 Å². The van der Waals surface area contributed by atoms with Crippen LogP contribution in [0, 0.1) is 5.92 Å². The molecule has 0 heterocycles. The molecular formula is C8H15N. The Morgan fingerprint density at radius 1 is 1.33 bits per heavy atom. The molecule has 52 valence electrons. The fraction of sp³-hybridized carbons (Fsp3) is 0.750. The molecule has 0 aromatic carbocycles. The standard InChI is InChI=1S/C8H15N/c1-2-7-5-3-4-6-8(7)9/h2,7-8H,1,3-6,9H2/t7-,8-/m1/s1. The smallest absolute Gasteiger partial charge is 0.0102 e. The molecule has 0 unspecified atom stereocenters. The second-order valence-electron chi connectivity index (χ2n) is 2.85. The first kappa shape index (κ1) is 6.81. The predicted octanol–water partition coefficient (Wildman–Crippen LogP) is 1.69. The van der Waals surface area contributed by atoms with Gasteiger partial charge in [0.2, 0.25) is 0 Å². The van der Waals surface area contributed by atoms with Crippen molar-refractivity contribution in [2.75, 3.05) is 0 Å². The molecule has 0 bridgehead atoms. The Balaban J connectivity index is 2.38. The number of hydrogen-bond acceptors (Lipinski definition) is 1. The lowest BCUT2D eigenvalue weighted by atomic mass is 9.85. The van der Waals surface area contributed by atoms with Crippen LogP contribution in [0.2, 0.25) is 0 Å². The highest BCUT2D eigenvalue weighted by Gasteiger charge is 2.17. The maximum absolute atomic E-state index is 5.82. The third-order valence-corrected chi connectivity index (χ3v) is 2.18. The second-order valence-corrected chi connectivity index (χ2v) is 2.85. The Labute approximate surface area is 56.9 Å². The highest BCUT2D eigenvalue weighted by molar-refractivity contribution is 4.89. The average molecular weight is 125 g/mol. The summed E-state index contributed by atoms with van der Waals surface area (Å²) >= 11 is 0. The van der Waals surface area contributed by atoms with Crippen LogP contribution in [0.5, 0.6) is 0 Å². The van der Waals surface area contributed by atoms with E-state index < -0.39 is 0 Å². The van der Waals surface area contributed by atoms with Gasteiger partial charge >= 0.3 is 0 Å². The van der Waals surface area contributed by atoms with Crippen LogP contribution in [0.4, 0.5) is 0 Å². The van der Waals surface area contributed by atoms with Crippen LogP contribution in [0.15, 0.2) is 12.7 Å². The summed E-state index contributed by atoms with van der Waals surface area (Å²) in [7, 11) is 0. The van der Waals surface area contributed by atoms with Crippen molar-refractivity contribution in [1.82, 2.24) is 0 Å². The molecular weight excluding hydrogens is 110 g/mol. The van der Waals surface area contributed by atoms with Crippen LogP contribution in [0.25, 0.3) is 0 Å². The molecule has 0 spiro atoms. The zero-order valence-corrected chi connectivity index (χ0v) is 5.84. The van der Waals surface area contributed by atoms with Gasteiger partial charge in [0.25, 0.3) is 0 Å². The molecule has 0 saturated heterocycles. The molecule has 1 fully saturated rings. The van der Waals surface area contributed by atoms with Gasteiger partial charge in [-0.15, -0.1) is 6.58 Å². The van der Waals surface area contributed by atoms with E-state index in [0.29, 0.717) is 12.0 Å². The zero-order chi connectivity index (χ0) is 6.69. The topological polar surface area (TPSA) is 26.0 Å². The van der Waals surface area contributed by atoms with E-state index in [1.54, 1.807) is 0 Å².